The van der Waals surface area contributed by atoms with E-state index < -0.39 is 5.60 Å². The first-order valence-electron chi connectivity index (χ1n) is 13.4. The molecule has 0 radical (unpaired) electrons. The van der Waals surface area contributed by atoms with Crippen LogP contribution in [0.5, 0.6) is 17.2 Å². The fourth-order valence-corrected chi connectivity index (χ4v) is 5.05. The zero-order chi connectivity index (χ0) is 27.1. The van der Waals surface area contributed by atoms with E-state index >= 15 is 0 Å². The van der Waals surface area contributed by atoms with Gasteiger partial charge >= 0.3 is 0 Å². The Bertz CT molecular complexity index is 1180. The molecule has 0 bridgehead atoms. The van der Waals surface area contributed by atoms with Gasteiger partial charge < -0.3 is 23.9 Å². The smallest absolute Gasteiger partial charge is 0.161 e. The second kappa shape index (κ2) is 12.9. The summed E-state index contributed by atoms with van der Waals surface area (Å²) in [5, 5.41) is 11.9. The Morgan fingerprint density at radius 1 is 1.05 bits per heavy atom. The van der Waals surface area contributed by atoms with E-state index in [9.17, 15) is 5.11 Å². The number of nitrogens with zero attached hydrogens (tertiary/aromatic N) is 3. The zero-order valence-corrected chi connectivity index (χ0v) is 23.8. The Morgan fingerprint density at radius 3 is 2.47 bits per heavy atom. The van der Waals surface area contributed by atoms with Crippen LogP contribution in [0.2, 0.25) is 5.02 Å². The molecule has 1 aromatic heterocycles. The van der Waals surface area contributed by atoms with Crippen molar-refractivity contribution < 1.29 is 19.3 Å². The van der Waals surface area contributed by atoms with Crippen LogP contribution in [-0.2, 0) is 19.5 Å². The highest BCUT2D eigenvalue weighted by atomic mass is 35.5. The van der Waals surface area contributed by atoms with E-state index in [1.165, 1.54) is 0 Å². The summed E-state index contributed by atoms with van der Waals surface area (Å²) in [5.41, 5.74) is 2.29. The van der Waals surface area contributed by atoms with Crippen molar-refractivity contribution in [3.63, 3.8) is 0 Å². The monoisotopic (exact) mass is 541 g/mol. The molecular weight excluding hydrogens is 502 g/mol. The van der Waals surface area contributed by atoms with E-state index in [0.717, 1.165) is 83.8 Å². The Balaban J connectivity index is 1.26. The predicted octanol–water partition coefficient (Wildman–Crippen LogP) is 5.60. The SMILES string of the molecule is CCc1nccn1CCCOc1cc(CN2CCC(O)(COc3cc(C)c(Cl)c(C)c3)CC2)ccc1OC. The number of benzene rings is 2. The molecule has 0 unspecified atom stereocenters. The molecule has 2 aromatic carbocycles. The van der Waals surface area contributed by atoms with E-state index in [1.54, 1.807) is 7.11 Å². The highest BCUT2D eigenvalue weighted by molar-refractivity contribution is 6.32. The van der Waals surface area contributed by atoms with Crippen LogP contribution in [0, 0.1) is 13.8 Å². The first-order valence-corrected chi connectivity index (χ1v) is 13.8. The molecule has 8 heteroatoms. The molecule has 0 saturated carbocycles. The van der Waals surface area contributed by atoms with Gasteiger partial charge in [-0.15, -0.1) is 0 Å². The summed E-state index contributed by atoms with van der Waals surface area (Å²) >= 11 is 6.27. The topological polar surface area (TPSA) is 69.0 Å². The molecule has 0 atom stereocenters. The van der Waals surface area contributed by atoms with Crippen molar-refractivity contribution in [1.82, 2.24) is 14.5 Å². The number of piperidine rings is 1. The molecule has 1 aliphatic rings. The average Bonchev–Trinajstić information content (AvgIpc) is 3.38. The van der Waals surface area contributed by atoms with Crippen LogP contribution >= 0.6 is 11.6 Å². The lowest BCUT2D eigenvalue weighted by Gasteiger charge is -2.38. The van der Waals surface area contributed by atoms with Crippen LogP contribution < -0.4 is 14.2 Å². The Hall–Kier alpha value is -2.74. The first kappa shape index (κ1) is 28.3. The van der Waals surface area contributed by atoms with Crippen LogP contribution in [0.4, 0.5) is 0 Å². The maximum atomic E-state index is 11.1. The molecule has 0 spiro atoms. The number of ether oxygens (including phenoxy) is 3. The van der Waals surface area contributed by atoms with Gasteiger partial charge in [-0.1, -0.05) is 24.6 Å². The molecule has 38 heavy (non-hydrogen) atoms. The Kier molecular flexibility index (Phi) is 9.58. The van der Waals surface area contributed by atoms with Crippen LogP contribution in [0.25, 0.3) is 0 Å². The second-order valence-electron chi connectivity index (χ2n) is 10.2. The third-order valence-corrected chi connectivity index (χ3v) is 7.85. The standard InChI is InChI=1S/C30H40ClN3O4/c1-5-28-32-11-15-34(28)12-6-16-37-27-19-24(7-8-26(27)36-4)20-33-13-9-30(35,10-14-33)21-38-25-17-22(2)29(31)23(3)18-25/h7-8,11,15,17-19,35H,5-6,9-10,12-14,16,20-21H2,1-4H3. The fourth-order valence-electron chi connectivity index (χ4n) is 4.94. The maximum absolute atomic E-state index is 11.1. The van der Waals surface area contributed by atoms with Gasteiger partial charge in [0.2, 0.25) is 0 Å². The van der Waals surface area contributed by atoms with Crippen molar-refractivity contribution in [3.05, 3.63) is 70.3 Å². The van der Waals surface area contributed by atoms with Crippen LogP contribution in [0.1, 0.15) is 48.7 Å². The van der Waals surface area contributed by atoms with Crippen LogP contribution in [0.3, 0.4) is 0 Å². The number of aryl methyl sites for hydroxylation is 4. The minimum absolute atomic E-state index is 0.278. The predicted molar refractivity (Wildman–Crippen MR) is 151 cm³/mol. The van der Waals surface area contributed by atoms with E-state index in [4.69, 9.17) is 25.8 Å². The third-order valence-electron chi connectivity index (χ3n) is 7.26. The Labute approximate surface area is 231 Å². The molecule has 0 amide bonds. The van der Waals surface area contributed by atoms with E-state index in [-0.39, 0.29) is 6.61 Å². The summed E-state index contributed by atoms with van der Waals surface area (Å²) in [4.78, 5) is 6.74. The molecule has 4 rings (SSSR count). The van der Waals surface area contributed by atoms with E-state index in [0.29, 0.717) is 19.4 Å². The van der Waals surface area contributed by atoms with Crippen molar-refractivity contribution in [2.75, 3.05) is 33.4 Å². The third kappa shape index (κ3) is 7.22. The number of aliphatic hydroxyl groups is 1. The summed E-state index contributed by atoms with van der Waals surface area (Å²) in [5.74, 6) is 3.35. The molecule has 3 aromatic rings. The van der Waals surface area contributed by atoms with Gasteiger partial charge in [-0.3, -0.25) is 4.90 Å². The van der Waals surface area contributed by atoms with Crippen LogP contribution in [-0.4, -0.2) is 58.6 Å². The fraction of sp³-hybridized carbons (Fsp3) is 0.500. The molecule has 1 saturated heterocycles. The summed E-state index contributed by atoms with van der Waals surface area (Å²) < 4.78 is 19.8. The normalized spacial score (nSPS) is 15.4. The number of halogens is 1. The number of hydrogen-bond donors (Lipinski definition) is 1. The molecule has 1 N–H and O–H groups in total. The molecule has 1 fully saturated rings. The van der Waals surface area contributed by atoms with Gasteiger partial charge in [0.15, 0.2) is 11.5 Å². The number of hydrogen-bond acceptors (Lipinski definition) is 6. The van der Waals surface area contributed by atoms with E-state index in [1.807, 2.05) is 44.4 Å². The summed E-state index contributed by atoms with van der Waals surface area (Å²) in [6.45, 7) is 10.2. The minimum atomic E-state index is -0.834. The van der Waals surface area contributed by atoms with Crippen molar-refractivity contribution in [2.45, 2.75) is 65.1 Å². The molecule has 2 heterocycles. The number of likely N-dealkylation sites (tertiary alicyclic amines) is 1. The molecular formula is C30H40ClN3O4. The van der Waals surface area contributed by atoms with Gasteiger partial charge in [-0.25, -0.2) is 4.98 Å². The highest BCUT2D eigenvalue weighted by Crippen LogP contribution is 2.31. The van der Waals surface area contributed by atoms with Gasteiger partial charge in [0.05, 0.1) is 13.7 Å². The summed E-state index contributed by atoms with van der Waals surface area (Å²) in [6, 6.07) is 9.98. The van der Waals surface area contributed by atoms with Crippen molar-refractivity contribution in [3.8, 4) is 17.2 Å². The number of methoxy groups -OCH3 is 1. The number of imidazole rings is 1. The van der Waals surface area contributed by atoms with Crippen molar-refractivity contribution in [1.29, 1.82) is 0 Å². The van der Waals surface area contributed by atoms with Crippen molar-refractivity contribution >= 4 is 11.6 Å². The van der Waals surface area contributed by atoms with Crippen molar-refractivity contribution in [2.24, 2.45) is 0 Å². The number of rotatable bonds is 12. The molecule has 1 aliphatic heterocycles. The van der Waals surface area contributed by atoms with E-state index in [2.05, 4.69) is 33.5 Å². The van der Waals surface area contributed by atoms with Gasteiger partial charge in [-0.05, 0) is 74.1 Å². The van der Waals surface area contributed by atoms with Gasteiger partial charge in [0.25, 0.3) is 0 Å². The van der Waals surface area contributed by atoms with Crippen LogP contribution in [0.15, 0.2) is 42.7 Å². The average molecular weight is 542 g/mol. The zero-order valence-electron chi connectivity index (χ0n) is 23.0. The lowest BCUT2D eigenvalue weighted by molar-refractivity contribution is -0.0537. The van der Waals surface area contributed by atoms with Gasteiger partial charge in [-0.2, -0.15) is 0 Å². The molecule has 206 valence electrons. The second-order valence-corrected chi connectivity index (χ2v) is 10.6. The largest absolute Gasteiger partial charge is 0.493 e. The van der Waals surface area contributed by atoms with Gasteiger partial charge in [0, 0.05) is 50.0 Å². The lowest BCUT2D eigenvalue weighted by Crippen LogP contribution is -2.47. The molecule has 7 nitrogen and oxygen atoms in total. The molecule has 0 aliphatic carbocycles. The maximum Gasteiger partial charge on any atom is 0.161 e. The first-order chi connectivity index (χ1) is 18.3. The Morgan fingerprint density at radius 2 is 1.79 bits per heavy atom. The lowest BCUT2D eigenvalue weighted by atomic mass is 9.92. The number of aromatic nitrogens is 2. The summed E-state index contributed by atoms with van der Waals surface area (Å²) in [7, 11) is 1.67. The van der Waals surface area contributed by atoms with Gasteiger partial charge in [0.1, 0.15) is 23.8 Å². The highest BCUT2D eigenvalue weighted by Gasteiger charge is 2.33. The minimum Gasteiger partial charge on any atom is -0.493 e. The summed E-state index contributed by atoms with van der Waals surface area (Å²) in [6.07, 6.45) is 7.00. The quantitative estimate of drug-likeness (QED) is 0.301.